The molecular weight excluding hydrogens is 290 g/mol. The van der Waals surface area contributed by atoms with E-state index in [0.29, 0.717) is 17.7 Å². The van der Waals surface area contributed by atoms with Crippen molar-refractivity contribution in [3.05, 3.63) is 34.3 Å². The van der Waals surface area contributed by atoms with E-state index in [1.54, 1.807) is 0 Å². The molecule has 1 aliphatic rings. The van der Waals surface area contributed by atoms with Gasteiger partial charge in [0.15, 0.2) is 0 Å². The lowest BCUT2D eigenvalue weighted by atomic mass is 9.85. The van der Waals surface area contributed by atoms with Crippen molar-refractivity contribution in [3.63, 3.8) is 0 Å². The Morgan fingerprint density at radius 2 is 1.89 bits per heavy atom. The predicted octanol–water partition coefficient (Wildman–Crippen LogP) is 3.99. The lowest BCUT2D eigenvalue weighted by Gasteiger charge is -2.23. The van der Waals surface area contributed by atoms with E-state index in [0.717, 1.165) is 30.4 Å². The maximum absolute atomic E-state index is 12.1. The first kappa shape index (κ1) is 13.6. The molecule has 2 rings (SSSR count). The van der Waals surface area contributed by atoms with Crippen LogP contribution >= 0.6 is 15.9 Å². The average Bonchev–Trinajstić information content (AvgIpc) is 2.45. The van der Waals surface area contributed by atoms with E-state index >= 15 is 0 Å². The van der Waals surface area contributed by atoms with Crippen molar-refractivity contribution < 1.29 is 4.79 Å². The Balaban J connectivity index is 2.04. The third kappa shape index (κ3) is 3.58. The van der Waals surface area contributed by atoms with Gasteiger partial charge in [-0.3, -0.25) is 4.79 Å². The first-order valence-corrected chi connectivity index (χ1v) is 7.28. The van der Waals surface area contributed by atoms with Crippen LogP contribution in [0.25, 0.3) is 0 Å². The van der Waals surface area contributed by atoms with E-state index in [1.165, 1.54) is 5.56 Å². The van der Waals surface area contributed by atoms with Crippen LogP contribution in [0.1, 0.15) is 38.7 Å². The highest BCUT2D eigenvalue weighted by Crippen LogP contribution is 2.30. The highest BCUT2D eigenvalue weighted by Gasteiger charge is 2.27. The Morgan fingerprint density at radius 1 is 1.22 bits per heavy atom. The first-order valence-electron chi connectivity index (χ1n) is 6.48. The summed E-state index contributed by atoms with van der Waals surface area (Å²) in [5, 5.41) is 0. The standard InChI is InChI=1S/C15H20BrNO/c1-15(2)8-7-14(18)17(10-9-15)11-12-3-5-13(16)6-4-12/h3-6H,7-11H2,1-2H3. The zero-order valence-corrected chi connectivity index (χ0v) is 12.7. The number of hydrogen-bond donors (Lipinski definition) is 0. The summed E-state index contributed by atoms with van der Waals surface area (Å²) >= 11 is 3.43. The molecule has 1 amide bonds. The van der Waals surface area contributed by atoms with Gasteiger partial charge >= 0.3 is 0 Å². The maximum Gasteiger partial charge on any atom is 0.222 e. The lowest BCUT2D eigenvalue weighted by molar-refractivity contribution is -0.131. The summed E-state index contributed by atoms with van der Waals surface area (Å²) in [5.41, 5.74) is 1.50. The molecule has 3 heteroatoms. The van der Waals surface area contributed by atoms with Gasteiger partial charge in [0, 0.05) is 24.0 Å². The topological polar surface area (TPSA) is 20.3 Å². The van der Waals surface area contributed by atoms with Gasteiger partial charge in [-0.05, 0) is 36.0 Å². The monoisotopic (exact) mass is 309 g/mol. The fourth-order valence-corrected chi connectivity index (χ4v) is 2.53. The number of halogens is 1. The molecule has 18 heavy (non-hydrogen) atoms. The molecule has 1 fully saturated rings. The van der Waals surface area contributed by atoms with Gasteiger partial charge in [-0.1, -0.05) is 41.9 Å². The summed E-state index contributed by atoms with van der Waals surface area (Å²) in [6, 6.07) is 8.21. The van der Waals surface area contributed by atoms with Crippen LogP contribution in [0.5, 0.6) is 0 Å². The van der Waals surface area contributed by atoms with Crippen molar-refractivity contribution in [1.82, 2.24) is 4.90 Å². The van der Waals surface area contributed by atoms with Crippen molar-refractivity contribution in [2.75, 3.05) is 6.54 Å². The van der Waals surface area contributed by atoms with Gasteiger partial charge in [-0.25, -0.2) is 0 Å². The molecule has 1 saturated heterocycles. The summed E-state index contributed by atoms with van der Waals surface area (Å²) in [7, 11) is 0. The van der Waals surface area contributed by atoms with Gasteiger partial charge in [0.1, 0.15) is 0 Å². The second kappa shape index (κ2) is 5.43. The van der Waals surface area contributed by atoms with E-state index in [4.69, 9.17) is 0 Å². The molecule has 2 nitrogen and oxygen atoms in total. The van der Waals surface area contributed by atoms with Crippen LogP contribution < -0.4 is 0 Å². The number of likely N-dealkylation sites (tertiary alicyclic amines) is 1. The number of carbonyl (C=O) groups excluding carboxylic acids is 1. The zero-order valence-electron chi connectivity index (χ0n) is 11.1. The number of amides is 1. The molecule has 1 aliphatic heterocycles. The molecule has 0 spiro atoms. The smallest absolute Gasteiger partial charge is 0.222 e. The van der Waals surface area contributed by atoms with Crippen molar-refractivity contribution >= 4 is 21.8 Å². The molecule has 1 aromatic rings. The van der Waals surface area contributed by atoms with E-state index in [9.17, 15) is 4.79 Å². The minimum absolute atomic E-state index is 0.295. The van der Waals surface area contributed by atoms with E-state index < -0.39 is 0 Å². The molecule has 0 radical (unpaired) electrons. The number of carbonyl (C=O) groups is 1. The molecule has 0 aliphatic carbocycles. The molecule has 1 heterocycles. The van der Waals surface area contributed by atoms with Gasteiger partial charge in [-0.15, -0.1) is 0 Å². The quantitative estimate of drug-likeness (QED) is 0.809. The molecule has 0 aromatic heterocycles. The molecule has 1 aromatic carbocycles. The van der Waals surface area contributed by atoms with Crippen LogP contribution in [0.2, 0.25) is 0 Å². The van der Waals surface area contributed by atoms with Crippen LogP contribution in [0.15, 0.2) is 28.7 Å². The number of nitrogens with zero attached hydrogens (tertiary/aromatic N) is 1. The summed E-state index contributed by atoms with van der Waals surface area (Å²) in [6.07, 6.45) is 2.78. The Kier molecular flexibility index (Phi) is 4.10. The summed E-state index contributed by atoms with van der Waals surface area (Å²) in [5.74, 6) is 0.295. The van der Waals surface area contributed by atoms with E-state index in [2.05, 4.69) is 41.9 Å². The van der Waals surface area contributed by atoms with Crippen molar-refractivity contribution in [1.29, 1.82) is 0 Å². The summed E-state index contributed by atoms with van der Waals surface area (Å²) < 4.78 is 1.08. The van der Waals surface area contributed by atoms with Crippen LogP contribution in [-0.2, 0) is 11.3 Å². The molecular formula is C15H20BrNO. The summed E-state index contributed by atoms with van der Waals surface area (Å²) in [6.45, 7) is 6.12. The maximum atomic E-state index is 12.1. The normalized spacial score (nSPS) is 19.7. The van der Waals surface area contributed by atoms with Crippen LogP contribution in [0.3, 0.4) is 0 Å². The number of rotatable bonds is 2. The minimum atomic E-state index is 0.295. The lowest BCUT2D eigenvalue weighted by Crippen LogP contribution is -2.30. The van der Waals surface area contributed by atoms with E-state index in [1.807, 2.05) is 17.0 Å². The Bertz CT molecular complexity index is 425. The van der Waals surface area contributed by atoms with Crippen molar-refractivity contribution in [2.24, 2.45) is 5.41 Å². The van der Waals surface area contributed by atoms with Crippen LogP contribution in [0.4, 0.5) is 0 Å². The highest BCUT2D eigenvalue weighted by atomic mass is 79.9. The van der Waals surface area contributed by atoms with Gasteiger partial charge < -0.3 is 4.90 Å². The number of hydrogen-bond acceptors (Lipinski definition) is 1. The first-order chi connectivity index (χ1) is 8.46. The number of benzene rings is 1. The third-order valence-electron chi connectivity index (χ3n) is 3.71. The molecule has 0 N–H and O–H groups in total. The van der Waals surface area contributed by atoms with Gasteiger partial charge in [0.05, 0.1) is 0 Å². The van der Waals surface area contributed by atoms with Crippen LogP contribution in [0, 0.1) is 5.41 Å². The fraction of sp³-hybridized carbons (Fsp3) is 0.533. The highest BCUT2D eigenvalue weighted by molar-refractivity contribution is 9.10. The molecule has 0 atom stereocenters. The van der Waals surface area contributed by atoms with Gasteiger partial charge in [-0.2, -0.15) is 0 Å². The second-order valence-corrected chi connectivity index (χ2v) is 6.77. The van der Waals surface area contributed by atoms with Gasteiger partial charge in [0.25, 0.3) is 0 Å². The Hall–Kier alpha value is -0.830. The largest absolute Gasteiger partial charge is 0.338 e. The SMILES string of the molecule is CC1(C)CCC(=O)N(Cc2ccc(Br)cc2)CC1. The van der Waals surface area contributed by atoms with Crippen molar-refractivity contribution in [3.8, 4) is 0 Å². The summed E-state index contributed by atoms with van der Waals surface area (Å²) in [4.78, 5) is 14.1. The van der Waals surface area contributed by atoms with E-state index in [-0.39, 0.29) is 0 Å². The van der Waals surface area contributed by atoms with Crippen LogP contribution in [-0.4, -0.2) is 17.4 Å². The minimum Gasteiger partial charge on any atom is -0.338 e. The molecule has 0 unspecified atom stereocenters. The predicted molar refractivity (Wildman–Crippen MR) is 77.2 cm³/mol. The van der Waals surface area contributed by atoms with Crippen molar-refractivity contribution in [2.45, 2.75) is 39.7 Å². The van der Waals surface area contributed by atoms with Gasteiger partial charge in [0.2, 0.25) is 5.91 Å². The molecule has 0 saturated carbocycles. The third-order valence-corrected chi connectivity index (χ3v) is 4.24. The molecule has 0 bridgehead atoms. The second-order valence-electron chi connectivity index (χ2n) is 5.86. The Morgan fingerprint density at radius 3 is 2.56 bits per heavy atom. The average molecular weight is 310 g/mol. The fourth-order valence-electron chi connectivity index (χ4n) is 2.27. The zero-order chi connectivity index (χ0) is 13.2. The molecule has 98 valence electrons. The Labute approximate surface area is 117 Å².